The van der Waals surface area contributed by atoms with Crippen LogP contribution in [0.1, 0.15) is 37.9 Å². The number of rotatable bonds is 2. The standard InChI is InChI=1S/C25H22ClFN2O3/c1-25(2,3)22(30)21-19-18(20-15-7-5-4-6-13(15)10-11-28(20)21)23(31)29(24(19)32)14-8-9-17(27)16(26)12-14/h4-12,18-21H,1-3H3/t18-,19-,20+,21-/m0/s1. The molecule has 2 amide bonds. The van der Waals surface area contributed by atoms with E-state index in [1.807, 2.05) is 62.2 Å². The van der Waals surface area contributed by atoms with Gasteiger partial charge in [0.15, 0.2) is 5.78 Å². The zero-order valence-corrected chi connectivity index (χ0v) is 18.6. The number of hydrogen-bond acceptors (Lipinski definition) is 4. The van der Waals surface area contributed by atoms with Crippen LogP contribution in [-0.4, -0.2) is 28.5 Å². The van der Waals surface area contributed by atoms with Crippen molar-refractivity contribution in [2.75, 3.05) is 4.90 Å². The number of Topliss-reactive ketones (excluding diaryl/α,β-unsaturated/α-hetero) is 1. The Morgan fingerprint density at radius 1 is 1.03 bits per heavy atom. The molecule has 3 aliphatic heterocycles. The van der Waals surface area contributed by atoms with Gasteiger partial charge in [0.2, 0.25) is 11.8 Å². The van der Waals surface area contributed by atoms with Gasteiger partial charge in [-0.3, -0.25) is 14.4 Å². The zero-order valence-electron chi connectivity index (χ0n) is 17.9. The highest BCUT2D eigenvalue weighted by molar-refractivity contribution is 6.31. The van der Waals surface area contributed by atoms with Gasteiger partial charge in [-0.05, 0) is 35.4 Å². The molecule has 32 heavy (non-hydrogen) atoms. The molecule has 7 heteroatoms. The first-order valence-electron chi connectivity index (χ1n) is 10.5. The smallest absolute Gasteiger partial charge is 0.240 e. The van der Waals surface area contributed by atoms with E-state index in [0.717, 1.165) is 22.1 Å². The van der Waals surface area contributed by atoms with Gasteiger partial charge in [-0.1, -0.05) is 56.6 Å². The summed E-state index contributed by atoms with van der Waals surface area (Å²) in [5, 5.41) is -0.171. The van der Waals surface area contributed by atoms with Crippen molar-refractivity contribution in [3.8, 4) is 0 Å². The van der Waals surface area contributed by atoms with Gasteiger partial charge in [0.25, 0.3) is 0 Å². The van der Waals surface area contributed by atoms with Crippen molar-refractivity contribution in [2.45, 2.75) is 32.9 Å². The molecule has 3 heterocycles. The molecular formula is C25H22ClFN2O3. The quantitative estimate of drug-likeness (QED) is 0.624. The number of carbonyl (C=O) groups is 3. The molecule has 0 aromatic heterocycles. The molecule has 0 bridgehead atoms. The van der Waals surface area contributed by atoms with Crippen LogP contribution in [0.3, 0.4) is 0 Å². The lowest BCUT2D eigenvalue weighted by atomic mass is 9.79. The van der Waals surface area contributed by atoms with Crippen LogP contribution in [0.4, 0.5) is 10.1 Å². The van der Waals surface area contributed by atoms with Crippen molar-refractivity contribution < 1.29 is 18.8 Å². The summed E-state index contributed by atoms with van der Waals surface area (Å²) in [5.74, 6) is -3.14. The van der Waals surface area contributed by atoms with Crippen LogP contribution >= 0.6 is 11.6 Å². The molecule has 4 atom stereocenters. The fourth-order valence-electron chi connectivity index (χ4n) is 5.18. The Morgan fingerprint density at radius 2 is 1.72 bits per heavy atom. The van der Waals surface area contributed by atoms with Crippen molar-refractivity contribution in [1.29, 1.82) is 0 Å². The van der Waals surface area contributed by atoms with E-state index in [0.29, 0.717) is 0 Å². The van der Waals surface area contributed by atoms with Crippen molar-refractivity contribution in [2.24, 2.45) is 17.3 Å². The predicted octanol–water partition coefficient (Wildman–Crippen LogP) is 4.61. The minimum Gasteiger partial charge on any atom is -0.359 e. The molecule has 164 valence electrons. The molecule has 0 spiro atoms. The van der Waals surface area contributed by atoms with E-state index in [4.69, 9.17) is 11.6 Å². The third-order valence-electron chi connectivity index (χ3n) is 6.63. The number of nitrogens with zero attached hydrogens (tertiary/aromatic N) is 2. The summed E-state index contributed by atoms with van der Waals surface area (Å²) in [7, 11) is 0. The molecule has 3 aliphatic rings. The number of amides is 2. The highest BCUT2D eigenvalue weighted by Crippen LogP contribution is 2.54. The first-order valence-corrected chi connectivity index (χ1v) is 10.9. The average Bonchev–Trinajstić information content (AvgIpc) is 3.22. The third-order valence-corrected chi connectivity index (χ3v) is 6.92. The van der Waals surface area contributed by atoms with Crippen LogP contribution in [0.2, 0.25) is 5.02 Å². The Balaban J connectivity index is 1.67. The van der Waals surface area contributed by atoms with Gasteiger partial charge >= 0.3 is 0 Å². The highest BCUT2D eigenvalue weighted by Gasteiger charge is 2.65. The Labute approximate surface area is 190 Å². The van der Waals surface area contributed by atoms with E-state index in [1.54, 1.807) is 0 Å². The van der Waals surface area contributed by atoms with Gasteiger partial charge in [0, 0.05) is 11.6 Å². The number of hydrogen-bond donors (Lipinski definition) is 0. The van der Waals surface area contributed by atoms with E-state index in [2.05, 4.69) is 0 Å². The summed E-state index contributed by atoms with van der Waals surface area (Å²) < 4.78 is 13.7. The SMILES string of the molecule is CC(C)(C)C(=O)[C@@H]1[C@H]2C(=O)N(c3ccc(F)c(Cl)c3)C(=O)[C@@H]2[C@H]2c3ccccc3C=CN12. The number of halogens is 2. The summed E-state index contributed by atoms with van der Waals surface area (Å²) in [4.78, 5) is 43.8. The minimum atomic E-state index is -0.834. The molecule has 2 saturated heterocycles. The monoisotopic (exact) mass is 452 g/mol. The van der Waals surface area contributed by atoms with Gasteiger partial charge in [0.1, 0.15) is 11.9 Å². The number of benzene rings is 2. The molecule has 0 aliphatic carbocycles. The van der Waals surface area contributed by atoms with Crippen molar-refractivity contribution in [1.82, 2.24) is 4.90 Å². The average molecular weight is 453 g/mol. The van der Waals surface area contributed by atoms with E-state index >= 15 is 0 Å². The van der Waals surface area contributed by atoms with Crippen molar-refractivity contribution in [3.05, 3.63) is 70.6 Å². The lowest BCUT2D eigenvalue weighted by Crippen LogP contribution is -2.47. The van der Waals surface area contributed by atoms with Crippen LogP contribution in [0, 0.1) is 23.1 Å². The Hall–Kier alpha value is -2.99. The summed E-state index contributed by atoms with van der Waals surface area (Å²) in [6.45, 7) is 5.45. The molecule has 2 fully saturated rings. The van der Waals surface area contributed by atoms with Gasteiger partial charge in [-0.15, -0.1) is 0 Å². The first-order chi connectivity index (χ1) is 15.1. The molecule has 2 aromatic carbocycles. The van der Waals surface area contributed by atoms with Crippen LogP contribution in [0.15, 0.2) is 48.7 Å². The maximum absolute atomic E-state index is 13.7. The van der Waals surface area contributed by atoms with Gasteiger partial charge in [-0.25, -0.2) is 9.29 Å². The third kappa shape index (κ3) is 2.85. The number of fused-ring (bicyclic) bond motifs is 5. The summed E-state index contributed by atoms with van der Waals surface area (Å²) in [6.07, 6.45) is 3.75. The van der Waals surface area contributed by atoms with Crippen molar-refractivity contribution in [3.63, 3.8) is 0 Å². The molecule has 0 unspecified atom stereocenters. The topological polar surface area (TPSA) is 57.7 Å². The van der Waals surface area contributed by atoms with E-state index in [1.165, 1.54) is 12.1 Å². The van der Waals surface area contributed by atoms with E-state index in [-0.39, 0.29) is 16.5 Å². The second kappa shape index (κ2) is 7.01. The number of carbonyl (C=O) groups excluding carboxylic acids is 3. The lowest BCUT2D eigenvalue weighted by Gasteiger charge is -2.37. The first kappa shape index (κ1) is 20.9. The zero-order chi connectivity index (χ0) is 22.9. The Bertz CT molecular complexity index is 1200. The highest BCUT2D eigenvalue weighted by atomic mass is 35.5. The van der Waals surface area contributed by atoms with Gasteiger partial charge in [-0.2, -0.15) is 0 Å². The Morgan fingerprint density at radius 3 is 2.41 bits per heavy atom. The lowest BCUT2D eigenvalue weighted by molar-refractivity contribution is -0.135. The van der Waals surface area contributed by atoms with Crippen LogP contribution in [-0.2, 0) is 14.4 Å². The number of imide groups is 1. The minimum absolute atomic E-state index is 0.0980. The molecular weight excluding hydrogens is 431 g/mol. The molecule has 5 nitrogen and oxygen atoms in total. The molecule has 0 saturated carbocycles. The molecule has 5 rings (SSSR count). The predicted molar refractivity (Wildman–Crippen MR) is 119 cm³/mol. The van der Waals surface area contributed by atoms with E-state index in [9.17, 15) is 18.8 Å². The molecule has 2 aromatic rings. The maximum atomic E-state index is 13.7. The molecule has 0 radical (unpaired) electrons. The maximum Gasteiger partial charge on any atom is 0.240 e. The van der Waals surface area contributed by atoms with Crippen LogP contribution in [0.25, 0.3) is 6.08 Å². The van der Waals surface area contributed by atoms with Crippen LogP contribution in [0.5, 0.6) is 0 Å². The normalized spacial score (nSPS) is 26.3. The van der Waals surface area contributed by atoms with Gasteiger partial charge in [0.05, 0.1) is 28.6 Å². The fourth-order valence-corrected chi connectivity index (χ4v) is 5.35. The molecule has 0 N–H and O–H groups in total. The fraction of sp³-hybridized carbons (Fsp3) is 0.320. The summed E-state index contributed by atoms with van der Waals surface area (Å²) >= 11 is 5.93. The number of ketones is 1. The van der Waals surface area contributed by atoms with Crippen LogP contribution < -0.4 is 4.90 Å². The Kier molecular flexibility index (Phi) is 4.57. The summed E-state index contributed by atoms with van der Waals surface area (Å²) in [6, 6.07) is 10.3. The second-order valence-electron chi connectivity index (χ2n) is 9.56. The van der Waals surface area contributed by atoms with Crippen molar-refractivity contribution >= 4 is 41.0 Å². The number of anilines is 1. The largest absolute Gasteiger partial charge is 0.359 e. The van der Waals surface area contributed by atoms with E-state index < -0.39 is 47.0 Å². The summed E-state index contributed by atoms with van der Waals surface area (Å²) in [5.41, 5.74) is 1.38. The second-order valence-corrected chi connectivity index (χ2v) is 9.96. The van der Waals surface area contributed by atoms with Gasteiger partial charge < -0.3 is 4.90 Å².